The summed E-state index contributed by atoms with van der Waals surface area (Å²) in [6.07, 6.45) is 1.99. The highest BCUT2D eigenvalue weighted by Crippen LogP contribution is 2.03. The molecule has 0 radical (unpaired) electrons. The monoisotopic (exact) mass is 534 g/mol. The number of carbonyl (C=O) groups excluding carboxylic acids is 5. The maximum absolute atomic E-state index is 12.7. The fourth-order valence-corrected chi connectivity index (χ4v) is 2.89. The topological polar surface area (TPSA) is 204 Å². The summed E-state index contributed by atoms with van der Waals surface area (Å²) in [6.45, 7) is 0.198. The van der Waals surface area contributed by atoms with Gasteiger partial charge in [0.1, 0.15) is 25.2 Å². The van der Waals surface area contributed by atoms with E-state index >= 15 is 0 Å². The highest BCUT2D eigenvalue weighted by Gasteiger charge is 2.22. The lowest BCUT2D eigenvalue weighted by Crippen LogP contribution is -2.52. The molecule has 0 unspecified atom stereocenters. The van der Waals surface area contributed by atoms with Gasteiger partial charge >= 0.3 is 5.97 Å². The minimum Gasteiger partial charge on any atom is -0.480 e. The largest absolute Gasteiger partial charge is 0.480 e. The molecule has 4 amide bonds. The van der Waals surface area contributed by atoms with Gasteiger partial charge in [-0.3, -0.25) is 29.0 Å². The summed E-state index contributed by atoms with van der Waals surface area (Å²) >= 11 is 0. The number of nitrogens with one attached hydrogen (secondary N) is 5. The number of aliphatic carboxylic acids is 1. The molecule has 1 aromatic rings. The van der Waals surface area contributed by atoms with E-state index in [1.807, 2.05) is 0 Å². The fraction of sp³-hybridized carbons (Fsp3) is 0.458. The van der Waals surface area contributed by atoms with Crippen LogP contribution in [0.4, 0.5) is 0 Å². The van der Waals surface area contributed by atoms with Crippen molar-refractivity contribution in [2.45, 2.75) is 25.8 Å². The van der Waals surface area contributed by atoms with Crippen LogP contribution in [0.25, 0.3) is 0 Å². The Morgan fingerprint density at radius 2 is 1.61 bits per heavy atom. The molecule has 0 bridgehead atoms. The van der Waals surface area contributed by atoms with Gasteiger partial charge in [0.15, 0.2) is 0 Å². The summed E-state index contributed by atoms with van der Waals surface area (Å²) in [7, 11) is 0. The van der Waals surface area contributed by atoms with Crippen LogP contribution in [0.5, 0.6) is 0 Å². The predicted octanol–water partition coefficient (Wildman–Crippen LogP) is -2.24. The number of ketones is 1. The molecular formula is C24H34N6O8. The van der Waals surface area contributed by atoms with E-state index in [1.165, 1.54) is 0 Å². The molecule has 0 saturated carbocycles. The van der Waals surface area contributed by atoms with Gasteiger partial charge < -0.3 is 36.4 Å². The molecule has 0 aliphatic carbocycles. The fourth-order valence-electron chi connectivity index (χ4n) is 2.89. The molecule has 1 atom stereocenters. The molecule has 38 heavy (non-hydrogen) atoms. The third-order valence-corrected chi connectivity index (χ3v) is 4.71. The normalized spacial score (nSPS) is 11.4. The van der Waals surface area contributed by atoms with Crippen LogP contribution in [0.1, 0.15) is 18.9 Å². The Morgan fingerprint density at radius 3 is 2.29 bits per heavy atom. The first-order valence-corrected chi connectivity index (χ1v) is 11.8. The molecule has 14 nitrogen and oxygen atoms in total. The number of Topliss-reactive ketones (excluding diaryl/α,β-unsaturated/α-hetero) is 1. The Kier molecular flexibility index (Phi) is 15.9. The molecular weight excluding hydrogens is 500 g/mol. The smallest absolute Gasteiger partial charge is 0.329 e. The third-order valence-electron chi connectivity index (χ3n) is 4.71. The number of benzene rings is 1. The van der Waals surface area contributed by atoms with Crippen molar-refractivity contribution >= 4 is 41.6 Å². The number of carbonyl (C=O) groups is 6. The van der Waals surface area contributed by atoms with Crippen molar-refractivity contribution in [2.24, 2.45) is 4.99 Å². The lowest BCUT2D eigenvalue weighted by molar-refractivity contribution is -0.143. The molecule has 0 spiro atoms. The summed E-state index contributed by atoms with van der Waals surface area (Å²) in [5.74, 6) is -3.69. The molecule has 0 aliphatic heterocycles. The Balaban J connectivity index is 2.50. The lowest BCUT2D eigenvalue weighted by atomic mass is 10.1. The molecule has 6 N–H and O–H groups in total. The second-order valence-corrected chi connectivity index (χ2v) is 7.85. The summed E-state index contributed by atoms with van der Waals surface area (Å²) < 4.78 is 4.69. The predicted molar refractivity (Wildman–Crippen MR) is 136 cm³/mol. The Morgan fingerprint density at radius 1 is 0.921 bits per heavy atom. The molecule has 0 aliphatic rings. The average Bonchev–Trinajstić information content (AvgIpc) is 2.89. The zero-order valence-electron chi connectivity index (χ0n) is 21.2. The van der Waals surface area contributed by atoms with E-state index in [9.17, 15) is 28.8 Å². The van der Waals surface area contributed by atoms with Gasteiger partial charge in [-0.2, -0.15) is 0 Å². The van der Waals surface area contributed by atoms with Crippen LogP contribution < -0.4 is 26.6 Å². The number of nitrogens with zero attached hydrogens (tertiary/aromatic N) is 1. The molecule has 0 aromatic heterocycles. The van der Waals surface area contributed by atoms with Crippen molar-refractivity contribution in [3.63, 3.8) is 0 Å². The number of hydrogen-bond acceptors (Lipinski definition) is 9. The van der Waals surface area contributed by atoms with Gasteiger partial charge in [-0.25, -0.2) is 4.79 Å². The highest BCUT2D eigenvalue weighted by molar-refractivity contribution is 5.92. The van der Waals surface area contributed by atoms with Crippen molar-refractivity contribution in [2.75, 3.05) is 46.1 Å². The van der Waals surface area contributed by atoms with Crippen molar-refractivity contribution < 1.29 is 38.6 Å². The minimum atomic E-state index is -1.19. The molecule has 0 heterocycles. The number of rotatable bonds is 19. The number of ether oxygens (including phenoxy) is 1. The Bertz CT molecular complexity index is 970. The van der Waals surface area contributed by atoms with Crippen LogP contribution in [0.3, 0.4) is 0 Å². The van der Waals surface area contributed by atoms with Crippen molar-refractivity contribution in [3.05, 3.63) is 35.9 Å². The maximum Gasteiger partial charge on any atom is 0.329 e. The van der Waals surface area contributed by atoms with Gasteiger partial charge in [0.25, 0.3) is 0 Å². The van der Waals surface area contributed by atoms with Crippen molar-refractivity contribution in [3.8, 4) is 0 Å². The number of carboxylic acids is 1. The van der Waals surface area contributed by atoms with Crippen molar-refractivity contribution in [1.29, 1.82) is 0 Å². The molecule has 0 fully saturated rings. The summed E-state index contributed by atoms with van der Waals surface area (Å²) in [4.78, 5) is 74.9. The van der Waals surface area contributed by atoms with Gasteiger partial charge in [0.2, 0.25) is 23.6 Å². The van der Waals surface area contributed by atoms with Gasteiger partial charge in [-0.1, -0.05) is 30.3 Å². The maximum atomic E-state index is 12.7. The Labute approximate surface area is 220 Å². The zero-order valence-corrected chi connectivity index (χ0v) is 21.2. The van der Waals surface area contributed by atoms with E-state index in [0.717, 1.165) is 5.56 Å². The van der Waals surface area contributed by atoms with E-state index in [0.29, 0.717) is 6.54 Å². The number of carboxylic acid groups (broad SMARTS) is 1. The molecule has 14 heteroatoms. The molecule has 1 aromatic carbocycles. The summed E-state index contributed by atoms with van der Waals surface area (Å²) in [5, 5.41) is 20.8. The van der Waals surface area contributed by atoms with E-state index in [-0.39, 0.29) is 38.4 Å². The van der Waals surface area contributed by atoms with Crippen LogP contribution in [0.15, 0.2) is 35.3 Å². The first-order chi connectivity index (χ1) is 18.2. The standard InChI is InChI=1S/C24H34N6O8/c1-2-25-9-8-18(31)11-26-12-20(32)27-14-22(34)30-19(10-17-6-4-3-5-7-17)24(37)28-13-21(33)29-16-38-15-23(35)36/h2-7,19,26H,8-16H2,1H3,(H,27,32)(H,28,37)(H,29,33)(H,30,34)(H,35,36)/b25-2-/t19-/m0/s1. The Hall–Kier alpha value is -4.17. The van der Waals surface area contributed by atoms with Crippen molar-refractivity contribution in [1.82, 2.24) is 26.6 Å². The molecule has 1 rings (SSSR count). The number of hydrogen-bond donors (Lipinski definition) is 6. The van der Waals surface area contributed by atoms with E-state index in [1.54, 1.807) is 43.5 Å². The van der Waals surface area contributed by atoms with Gasteiger partial charge in [0, 0.05) is 19.4 Å². The zero-order chi connectivity index (χ0) is 28.2. The molecule has 208 valence electrons. The minimum absolute atomic E-state index is 0.00255. The lowest BCUT2D eigenvalue weighted by Gasteiger charge is -2.19. The van der Waals surface area contributed by atoms with Gasteiger partial charge in [-0.15, -0.1) is 0 Å². The van der Waals surface area contributed by atoms with Crippen LogP contribution in [0, 0.1) is 0 Å². The van der Waals surface area contributed by atoms with Crippen LogP contribution in [0.2, 0.25) is 0 Å². The van der Waals surface area contributed by atoms with Gasteiger partial charge in [-0.05, 0) is 18.7 Å². The first kappa shape index (κ1) is 31.9. The van der Waals surface area contributed by atoms with Crippen LogP contribution in [-0.2, 0) is 39.9 Å². The highest BCUT2D eigenvalue weighted by atomic mass is 16.5. The SMILES string of the molecule is C/C=N\CCC(=O)CNCC(=O)NCC(=O)N[C@@H](Cc1ccccc1)C(=O)NCC(=O)NCOCC(=O)O. The van der Waals surface area contributed by atoms with Crippen LogP contribution >= 0.6 is 0 Å². The second-order valence-electron chi connectivity index (χ2n) is 7.85. The molecule has 0 saturated heterocycles. The van der Waals surface area contributed by atoms with E-state index in [2.05, 4.69) is 31.6 Å². The first-order valence-electron chi connectivity index (χ1n) is 11.8. The average molecular weight is 535 g/mol. The van der Waals surface area contributed by atoms with Gasteiger partial charge in [0.05, 0.1) is 26.2 Å². The summed E-state index contributed by atoms with van der Waals surface area (Å²) in [5.41, 5.74) is 0.752. The van der Waals surface area contributed by atoms with E-state index < -0.39 is 55.3 Å². The summed E-state index contributed by atoms with van der Waals surface area (Å²) in [6, 6.07) is 7.82. The second kappa shape index (κ2) is 19.0. The third kappa shape index (κ3) is 15.7. The quantitative estimate of drug-likeness (QED) is 0.0644. The number of aliphatic imine (C=N–C) groups is 1. The van der Waals surface area contributed by atoms with Crippen LogP contribution in [-0.4, -0.2) is 98.8 Å². The van der Waals surface area contributed by atoms with E-state index in [4.69, 9.17) is 9.84 Å². The number of amides is 4.